The summed E-state index contributed by atoms with van der Waals surface area (Å²) in [6.45, 7) is 7.43. The van der Waals surface area contributed by atoms with Crippen LogP contribution >= 0.6 is 0 Å². The van der Waals surface area contributed by atoms with Crippen molar-refractivity contribution < 1.29 is 0 Å². The van der Waals surface area contributed by atoms with Gasteiger partial charge in [0.15, 0.2) is 0 Å². The highest BCUT2D eigenvalue weighted by atomic mass is 14.9. The van der Waals surface area contributed by atoms with Crippen LogP contribution in [-0.4, -0.2) is 6.54 Å². The third-order valence-corrected chi connectivity index (χ3v) is 3.10. The van der Waals surface area contributed by atoms with Crippen molar-refractivity contribution in [3.63, 3.8) is 0 Å². The van der Waals surface area contributed by atoms with Gasteiger partial charge in [0, 0.05) is 12.2 Å². The van der Waals surface area contributed by atoms with E-state index in [-0.39, 0.29) is 0 Å². The van der Waals surface area contributed by atoms with E-state index in [0.29, 0.717) is 0 Å². The molecule has 0 radical (unpaired) electrons. The van der Waals surface area contributed by atoms with Crippen LogP contribution in [0.4, 0.5) is 5.69 Å². The van der Waals surface area contributed by atoms with Crippen LogP contribution < -0.4 is 5.32 Å². The molecule has 0 aliphatic rings. The zero-order valence-electron chi connectivity index (χ0n) is 10.4. The SMILES string of the molecule is CCC(CC)CNc1ccc(C#N)c(C)c1. The van der Waals surface area contributed by atoms with Gasteiger partial charge in [0.2, 0.25) is 0 Å². The van der Waals surface area contributed by atoms with E-state index in [2.05, 4.69) is 25.2 Å². The van der Waals surface area contributed by atoms with Gasteiger partial charge >= 0.3 is 0 Å². The van der Waals surface area contributed by atoms with Crippen molar-refractivity contribution >= 4 is 5.69 Å². The zero-order chi connectivity index (χ0) is 12.0. The highest BCUT2D eigenvalue weighted by Crippen LogP contribution is 2.16. The van der Waals surface area contributed by atoms with Gasteiger partial charge in [0.25, 0.3) is 0 Å². The molecule has 0 aromatic heterocycles. The molecule has 1 rings (SSSR count). The number of anilines is 1. The lowest BCUT2D eigenvalue weighted by molar-refractivity contribution is 0.519. The second kappa shape index (κ2) is 6.17. The van der Waals surface area contributed by atoms with Crippen LogP contribution in [0.1, 0.15) is 37.8 Å². The Morgan fingerprint density at radius 3 is 2.50 bits per heavy atom. The summed E-state index contributed by atoms with van der Waals surface area (Å²) in [5.74, 6) is 0.732. The van der Waals surface area contributed by atoms with Crippen LogP contribution in [0.15, 0.2) is 18.2 Å². The summed E-state index contributed by atoms with van der Waals surface area (Å²) in [5, 5.41) is 12.3. The molecule has 1 N–H and O–H groups in total. The van der Waals surface area contributed by atoms with E-state index >= 15 is 0 Å². The molecule has 0 aliphatic carbocycles. The molecule has 1 aromatic rings. The molecule has 0 atom stereocenters. The van der Waals surface area contributed by atoms with E-state index in [1.807, 2.05) is 25.1 Å². The van der Waals surface area contributed by atoms with Gasteiger partial charge in [0.1, 0.15) is 0 Å². The molecule has 0 heterocycles. The van der Waals surface area contributed by atoms with Gasteiger partial charge in [-0.1, -0.05) is 26.7 Å². The summed E-state index contributed by atoms with van der Waals surface area (Å²) in [6, 6.07) is 8.08. The second-order valence-corrected chi connectivity index (χ2v) is 4.20. The van der Waals surface area contributed by atoms with Gasteiger partial charge in [-0.2, -0.15) is 5.26 Å². The maximum Gasteiger partial charge on any atom is 0.0994 e. The summed E-state index contributed by atoms with van der Waals surface area (Å²) in [4.78, 5) is 0. The minimum absolute atomic E-state index is 0.732. The fourth-order valence-corrected chi connectivity index (χ4v) is 1.74. The molecule has 0 saturated heterocycles. The Kier molecular flexibility index (Phi) is 4.85. The van der Waals surface area contributed by atoms with Crippen LogP contribution in [0.25, 0.3) is 0 Å². The zero-order valence-corrected chi connectivity index (χ0v) is 10.4. The molecular weight excluding hydrogens is 196 g/mol. The molecule has 2 heteroatoms. The first-order chi connectivity index (χ1) is 7.71. The van der Waals surface area contributed by atoms with Gasteiger partial charge in [-0.05, 0) is 36.6 Å². The molecule has 0 amide bonds. The average molecular weight is 216 g/mol. The van der Waals surface area contributed by atoms with Gasteiger partial charge in [0.05, 0.1) is 11.6 Å². The molecule has 1 aromatic carbocycles. The number of hydrogen-bond donors (Lipinski definition) is 1. The second-order valence-electron chi connectivity index (χ2n) is 4.20. The van der Waals surface area contributed by atoms with Crippen molar-refractivity contribution in [3.05, 3.63) is 29.3 Å². The van der Waals surface area contributed by atoms with E-state index in [9.17, 15) is 0 Å². The first-order valence-electron chi connectivity index (χ1n) is 5.95. The van der Waals surface area contributed by atoms with Gasteiger partial charge in [-0.15, -0.1) is 0 Å². The molecular formula is C14H20N2. The smallest absolute Gasteiger partial charge is 0.0994 e. The minimum Gasteiger partial charge on any atom is -0.385 e. The first kappa shape index (κ1) is 12.6. The third-order valence-electron chi connectivity index (χ3n) is 3.10. The number of hydrogen-bond acceptors (Lipinski definition) is 2. The Bertz CT molecular complexity index is 373. The van der Waals surface area contributed by atoms with Crippen molar-refractivity contribution in [2.24, 2.45) is 5.92 Å². The maximum absolute atomic E-state index is 8.83. The standard InChI is InChI=1S/C14H20N2/c1-4-12(5-2)10-16-14-7-6-13(9-15)11(3)8-14/h6-8,12,16H,4-5,10H2,1-3H3. The molecule has 86 valence electrons. The number of nitrogens with zero attached hydrogens (tertiary/aromatic N) is 1. The topological polar surface area (TPSA) is 35.8 Å². The highest BCUT2D eigenvalue weighted by Gasteiger charge is 2.03. The van der Waals surface area contributed by atoms with E-state index < -0.39 is 0 Å². The largest absolute Gasteiger partial charge is 0.385 e. The molecule has 16 heavy (non-hydrogen) atoms. The minimum atomic E-state index is 0.732. The van der Waals surface area contributed by atoms with Gasteiger partial charge < -0.3 is 5.32 Å². The van der Waals surface area contributed by atoms with E-state index in [4.69, 9.17) is 5.26 Å². The Balaban J connectivity index is 2.62. The summed E-state index contributed by atoms with van der Waals surface area (Å²) in [5.41, 5.74) is 2.91. The van der Waals surface area contributed by atoms with Crippen LogP contribution in [0, 0.1) is 24.2 Å². The predicted octanol–water partition coefficient (Wildman–Crippen LogP) is 3.71. The number of nitrogens with one attached hydrogen (secondary N) is 1. The maximum atomic E-state index is 8.83. The number of rotatable bonds is 5. The molecule has 0 bridgehead atoms. The molecule has 0 fully saturated rings. The Hall–Kier alpha value is -1.49. The molecule has 0 saturated carbocycles. The number of nitriles is 1. The molecule has 0 aliphatic heterocycles. The van der Waals surface area contributed by atoms with Crippen LogP contribution in [-0.2, 0) is 0 Å². The molecule has 0 unspecified atom stereocenters. The average Bonchev–Trinajstić information content (AvgIpc) is 2.30. The Morgan fingerprint density at radius 1 is 1.31 bits per heavy atom. The lowest BCUT2D eigenvalue weighted by atomic mass is 10.0. The summed E-state index contributed by atoms with van der Waals surface area (Å²) in [7, 11) is 0. The Morgan fingerprint density at radius 2 is 2.00 bits per heavy atom. The van der Waals surface area contributed by atoms with Crippen molar-refractivity contribution in [1.82, 2.24) is 0 Å². The number of aryl methyl sites for hydroxylation is 1. The monoisotopic (exact) mass is 216 g/mol. The lowest BCUT2D eigenvalue weighted by Crippen LogP contribution is -2.12. The van der Waals surface area contributed by atoms with E-state index in [1.165, 1.54) is 12.8 Å². The van der Waals surface area contributed by atoms with Crippen molar-refractivity contribution in [1.29, 1.82) is 5.26 Å². The van der Waals surface area contributed by atoms with Crippen LogP contribution in [0.2, 0.25) is 0 Å². The number of benzene rings is 1. The third kappa shape index (κ3) is 3.27. The van der Waals surface area contributed by atoms with E-state index in [0.717, 1.165) is 29.3 Å². The van der Waals surface area contributed by atoms with Crippen molar-refractivity contribution in [2.45, 2.75) is 33.6 Å². The lowest BCUT2D eigenvalue weighted by Gasteiger charge is -2.14. The fraction of sp³-hybridized carbons (Fsp3) is 0.500. The molecule has 0 spiro atoms. The first-order valence-corrected chi connectivity index (χ1v) is 5.95. The summed E-state index contributed by atoms with van der Waals surface area (Å²) in [6.07, 6.45) is 2.41. The summed E-state index contributed by atoms with van der Waals surface area (Å²) >= 11 is 0. The van der Waals surface area contributed by atoms with Crippen LogP contribution in [0.3, 0.4) is 0 Å². The summed E-state index contributed by atoms with van der Waals surface area (Å²) < 4.78 is 0. The van der Waals surface area contributed by atoms with Crippen molar-refractivity contribution in [3.8, 4) is 6.07 Å². The van der Waals surface area contributed by atoms with Gasteiger partial charge in [-0.3, -0.25) is 0 Å². The van der Waals surface area contributed by atoms with Gasteiger partial charge in [-0.25, -0.2) is 0 Å². The molecule has 2 nitrogen and oxygen atoms in total. The van der Waals surface area contributed by atoms with Crippen molar-refractivity contribution in [2.75, 3.05) is 11.9 Å². The fourth-order valence-electron chi connectivity index (χ4n) is 1.74. The normalized spacial score (nSPS) is 10.2. The quantitative estimate of drug-likeness (QED) is 0.814. The highest BCUT2D eigenvalue weighted by molar-refractivity contribution is 5.51. The Labute approximate surface area is 98.3 Å². The van der Waals surface area contributed by atoms with E-state index in [1.54, 1.807) is 0 Å². The van der Waals surface area contributed by atoms with Crippen LogP contribution in [0.5, 0.6) is 0 Å². The predicted molar refractivity (Wildman–Crippen MR) is 68.5 cm³/mol.